The van der Waals surface area contributed by atoms with E-state index in [1.807, 2.05) is 0 Å². The van der Waals surface area contributed by atoms with E-state index in [0.717, 1.165) is 5.56 Å². The molecule has 0 aromatic heterocycles. The van der Waals surface area contributed by atoms with Gasteiger partial charge in [-0.1, -0.05) is 29.8 Å². The number of hydrogen-bond acceptors (Lipinski definition) is 7. The molecule has 0 amide bonds. The number of hydrogen-bond donors (Lipinski definition) is 5. The van der Waals surface area contributed by atoms with E-state index in [9.17, 15) is 19.8 Å². The number of aliphatic hydroxyl groups is 1. The van der Waals surface area contributed by atoms with Crippen molar-refractivity contribution in [1.82, 2.24) is 0 Å². The monoisotopic (exact) mass is 452 g/mol. The molecule has 0 heterocycles. The van der Waals surface area contributed by atoms with Crippen molar-refractivity contribution in [2.45, 2.75) is 44.9 Å². The summed E-state index contributed by atoms with van der Waals surface area (Å²) in [6, 6.07) is 10.0. The summed E-state index contributed by atoms with van der Waals surface area (Å²) in [4.78, 5) is 22.9. The normalized spacial score (nSPS) is 12.9. The first-order valence-electron chi connectivity index (χ1n) is 9.51. The van der Waals surface area contributed by atoms with Crippen LogP contribution >= 0.6 is 11.6 Å². The number of esters is 1. The van der Waals surface area contributed by atoms with Crippen LogP contribution in [0.2, 0.25) is 5.02 Å². The highest BCUT2D eigenvalue weighted by Crippen LogP contribution is 2.21. The largest absolute Gasteiger partial charge is 0.508 e. The first kappa shape index (κ1) is 26.4. The Balaban J connectivity index is 0.000000367. The Labute approximate surface area is 186 Å². The number of nitrogens with two attached hydrogens (primary N) is 2. The summed E-state index contributed by atoms with van der Waals surface area (Å²) in [5.74, 6) is -1.88. The van der Waals surface area contributed by atoms with Crippen molar-refractivity contribution in [3.63, 3.8) is 0 Å². The van der Waals surface area contributed by atoms with Gasteiger partial charge in [0.2, 0.25) is 0 Å². The van der Waals surface area contributed by atoms with Crippen molar-refractivity contribution in [1.29, 1.82) is 0 Å². The zero-order valence-corrected chi connectivity index (χ0v) is 18.5. The number of phenols is 1. The second-order valence-electron chi connectivity index (χ2n) is 7.80. The molecule has 0 radical (unpaired) electrons. The number of carbonyl (C=O) groups is 2. The fourth-order valence-electron chi connectivity index (χ4n) is 2.44. The minimum atomic E-state index is -1.16. The number of carbonyl (C=O) groups excluding carboxylic acids is 1. The molecule has 1 unspecified atom stereocenters. The molecule has 2 atom stereocenters. The number of halogens is 1. The number of aliphatic carboxylic acids is 1. The zero-order valence-electron chi connectivity index (χ0n) is 17.7. The van der Waals surface area contributed by atoms with E-state index in [2.05, 4.69) is 0 Å². The quantitative estimate of drug-likeness (QED) is 0.418. The number of ether oxygens (including phenoxy) is 1. The molecule has 0 saturated carbocycles. The van der Waals surface area contributed by atoms with E-state index in [-0.39, 0.29) is 24.3 Å². The van der Waals surface area contributed by atoms with Gasteiger partial charge in [-0.05, 0) is 62.6 Å². The molecule has 7 N–H and O–H groups in total. The van der Waals surface area contributed by atoms with Gasteiger partial charge in [-0.2, -0.15) is 0 Å². The Morgan fingerprint density at radius 1 is 1.16 bits per heavy atom. The number of carboxylic acid groups (broad SMARTS) is 1. The van der Waals surface area contributed by atoms with Crippen molar-refractivity contribution in [2.75, 3.05) is 6.54 Å². The highest BCUT2D eigenvalue weighted by atomic mass is 35.5. The molecule has 8 nitrogen and oxygen atoms in total. The molecule has 0 spiro atoms. The van der Waals surface area contributed by atoms with Crippen LogP contribution in [0.4, 0.5) is 0 Å². The number of benzene rings is 2. The van der Waals surface area contributed by atoms with Gasteiger partial charge in [0.1, 0.15) is 17.4 Å². The van der Waals surface area contributed by atoms with Crippen LogP contribution in [0.5, 0.6) is 5.75 Å². The van der Waals surface area contributed by atoms with Crippen LogP contribution in [0, 0.1) is 0 Å². The van der Waals surface area contributed by atoms with E-state index >= 15 is 0 Å². The van der Waals surface area contributed by atoms with Crippen LogP contribution in [0.25, 0.3) is 0 Å². The highest BCUT2D eigenvalue weighted by molar-refractivity contribution is 6.30. The van der Waals surface area contributed by atoms with Crippen molar-refractivity contribution in [3.8, 4) is 5.75 Å². The molecule has 2 aromatic carbocycles. The summed E-state index contributed by atoms with van der Waals surface area (Å²) >= 11 is 5.69. The third-order valence-electron chi connectivity index (χ3n) is 3.93. The lowest BCUT2D eigenvalue weighted by atomic mass is 10.00. The third kappa shape index (κ3) is 9.35. The van der Waals surface area contributed by atoms with Crippen molar-refractivity contribution < 1.29 is 29.6 Å². The van der Waals surface area contributed by atoms with E-state index < -0.39 is 29.7 Å². The topological polar surface area (TPSA) is 156 Å². The minimum Gasteiger partial charge on any atom is -0.508 e. The van der Waals surface area contributed by atoms with Gasteiger partial charge in [0.15, 0.2) is 0 Å². The molecule has 0 bridgehead atoms. The third-order valence-corrected chi connectivity index (χ3v) is 4.16. The van der Waals surface area contributed by atoms with E-state index in [4.69, 9.17) is 32.9 Å². The number of aliphatic hydroxyl groups excluding tert-OH is 1. The highest BCUT2D eigenvalue weighted by Gasteiger charge is 2.23. The number of aromatic hydroxyl groups is 1. The van der Waals surface area contributed by atoms with Gasteiger partial charge in [0.25, 0.3) is 0 Å². The van der Waals surface area contributed by atoms with Crippen LogP contribution in [0.3, 0.4) is 0 Å². The summed E-state index contributed by atoms with van der Waals surface area (Å²) in [7, 11) is 0. The van der Waals surface area contributed by atoms with Gasteiger partial charge in [0, 0.05) is 11.6 Å². The molecule has 2 aromatic rings. The Morgan fingerprint density at radius 2 is 1.81 bits per heavy atom. The predicted molar refractivity (Wildman–Crippen MR) is 118 cm³/mol. The Morgan fingerprint density at radius 3 is 2.32 bits per heavy atom. The van der Waals surface area contributed by atoms with Gasteiger partial charge < -0.3 is 31.5 Å². The van der Waals surface area contributed by atoms with Gasteiger partial charge in [0.05, 0.1) is 11.7 Å². The lowest BCUT2D eigenvalue weighted by Crippen LogP contribution is -2.33. The van der Waals surface area contributed by atoms with Gasteiger partial charge in [-0.25, -0.2) is 4.79 Å². The summed E-state index contributed by atoms with van der Waals surface area (Å²) in [6.07, 6.45) is -0.627. The van der Waals surface area contributed by atoms with Crippen LogP contribution in [-0.2, 0) is 16.0 Å². The number of phenolic OH excluding ortho intramolecular Hbond substituents is 1. The summed E-state index contributed by atoms with van der Waals surface area (Å²) in [5, 5.41) is 28.2. The van der Waals surface area contributed by atoms with Crippen molar-refractivity contribution in [2.24, 2.45) is 11.5 Å². The molecule has 0 aliphatic rings. The molecular weight excluding hydrogens is 424 g/mol. The first-order chi connectivity index (χ1) is 14.3. The smallest absolute Gasteiger partial charge is 0.339 e. The van der Waals surface area contributed by atoms with Crippen molar-refractivity contribution >= 4 is 23.5 Å². The maximum absolute atomic E-state index is 12.1. The summed E-state index contributed by atoms with van der Waals surface area (Å²) in [5.41, 5.74) is 11.4. The molecular formula is C22H29ClN2O6. The Hall–Kier alpha value is -2.65. The molecule has 0 aliphatic heterocycles. The van der Waals surface area contributed by atoms with E-state index in [0.29, 0.717) is 10.6 Å². The lowest BCUT2D eigenvalue weighted by Gasteiger charge is -2.21. The summed E-state index contributed by atoms with van der Waals surface area (Å²) < 4.78 is 5.22. The summed E-state index contributed by atoms with van der Waals surface area (Å²) in [6.45, 7) is 5.38. The molecule has 0 aliphatic carbocycles. The van der Waals surface area contributed by atoms with Crippen LogP contribution in [-0.4, -0.2) is 45.4 Å². The molecule has 0 saturated heterocycles. The average Bonchev–Trinajstić information content (AvgIpc) is 2.67. The molecule has 2 rings (SSSR count). The van der Waals surface area contributed by atoms with Gasteiger partial charge in [-0.3, -0.25) is 4.79 Å². The van der Waals surface area contributed by atoms with E-state index in [1.54, 1.807) is 45.0 Å². The average molecular weight is 453 g/mol. The molecule has 9 heteroatoms. The maximum Gasteiger partial charge on any atom is 0.339 e. The SMILES string of the molecule is CC(C)(C)OC(=O)c1cc(O)ccc1CC(N)C(=O)O.NC[C@H](O)c1cccc(Cl)c1. The predicted octanol–water partition coefficient (Wildman–Crippen LogP) is 2.63. The first-order valence-corrected chi connectivity index (χ1v) is 9.89. The zero-order chi connectivity index (χ0) is 23.8. The van der Waals surface area contributed by atoms with Crippen LogP contribution < -0.4 is 11.5 Å². The van der Waals surface area contributed by atoms with Gasteiger partial charge >= 0.3 is 11.9 Å². The Kier molecular flexibility index (Phi) is 9.93. The number of rotatable bonds is 6. The fourth-order valence-corrected chi connectivity index (χ4v) is 2.64. The fraction of sp³-hybridized carbons (Fsp3) is 0.364. The molecule has 0 fully saturated rings. The minimum absolute atomic E-state index is 0.0236. The maximum atomic E-state index is 12.1. The van der Waals surface area contributed by atoms with Crippen molar-refractivity contribution in [3.05, 3.63) is 64.2 Å². The van der Waals surface area contributed by atoms with Crippen LogP contribution in [0.15, 0.2) is 42.5 Å². The Bertz CT molecular complexity index is 898. The molecule has 170 valence electrons. The second kappa shape index (κ2) is 11.7. The van der Waals surface area contributed by atoms with Gasteiger partial charge in [-0.15, -0.1) is 0 Å². The van der Waals surface area contributed by atoms with Crippen LogP contribution in [0.1, 0.15) is 48.4 Å². The second-order valence-corrected chi connectivity index (χ2v) is 8.24. The standard InChI is InChI=1S/C14H19NO5.C8H10ClNO/c1-14(2,3)20-13(19)10-7-9(16)5-4-8(10)6-11(15)12(17)18;9-7-3-1-2-6(4-7)8(11)5-10/h4-5,7,11,16H,6,15H2,1-3H3,(H,17,18);1-4,8,11H,5,10H2/t;8-/m.0/s1. The molecule has 31 heavy (non-hydrogen) atoms. The lowest BCUT2D eigenvalue weighted by molar-refractivity contribution is -0.138. The number of carboxylic acids is 1. The van der Waals surface area contributed by atoms with E-state index in [1.165, 1.54) is 18.2 Å².